The minimum atomic E-state index is -2.86. The van der Waals surface area contributed by atoms with Gasteiger partial charge < -0.3 is 5.73 Å². The number of hydrogen-bond acceptors (Lipinski definition) is 4. The Hall–Kier alpha value is -0.940. The predicted octanol–water partition coefficient (Wildman–Crippen LogP) is 1.17. The van der Waals surface area contributed by atoms with Crippen LogP contribution in [0.25, 0.3) is 0 Å². The quantitative estimate of drug-likeness (QED) is 0.794. The molecule has 1 aromatic heterocycles. The molecule has 1 aromatic rings. The van der Waals surface area contributed by atoms with E-state index in [1.54, 1.807) is 19.3 Å². The van der Waals surface area contributed by atoms with E-state index in [1.165, 1.54) is 0 Å². The summed E-state index contributed by atoms with van der Waals surface area (Å²) in [5.74, 6) is 0.453. The van der Waals surface area contributed by atoms with Crippen LogP contribution in [0.2, 0.25) is 0 Å². The number of pyridine rings is 1. The van der Waals surface area contributed by atoms with E-state index in [-0.39, 0.29) is 17.5 Å². The van der Waals surface area contributed by atoms with Gasteiger partial charge in [0.15, 0.2) is 0 Å². The molecule has 0 aliphatic heterocycles. The Balaban J connectivity index is 2.29. The maximum absolute atomic E-state index is 11.3. The standard InChI is InChI=1S/C12H20N2O2S/c1-2-17(15,16)8-4-6-12(13)9-11-5-3-7-14-10-11/h3,5,7,10,12H,2,4,6,8-9,13H2,1H3. The van der Waals surface area contributed by atoms with Gasteiger partial charge in [0, 0.05) is 24.2 Å². The van der Waals surface area contributed by atoms with E-state index in [1.807, 2.05) is 12.1 Å². The smallest absolute Gasteiger partial charge is 0.150 e. The highest BCUT2D eigenvalue weighted by molar-refractivity contribution is 7.91. The summed E-state index contributed by atoms with van der Waals surface area (Å²) < 4.78 is 22.6. The monoisotopic (exact) mass is 256 g/mol. The zero-order valence-electron chi connectivity index (χ0n) is 10.2. The molecule has 0 aromatic carbocycles. The fraction of sp³-hybridized carbons (Fsp3) is 0.583. The molecule has 0 saturated carbocycles. The van der Waals surface area contributed by atoms with Crippen molar-refractivity contribution < 1.29 is 8.42 Å². The van der Waals surface area contributed by atoms with Crippen molar-refractivity contribution in [2.24, 2.45) is 5.73 Å². The van der Waals surface area contributed by atoms with Crippen LogP contribution in [0.15, 0.2) is 24.5 Å². The minimum absolute atomic E-state index is 0.00579. The average molecular weight is 256 g/mol. The minimum Gasteiger partial charge on any atom is -0.327 e. The first-order valence-electron chi connectivity index (χ1n) is 5.88. The summed E-state index contributed by atoms with van der Waals surface area (Å²) in [5, 5.41) is 0. The molecule has 0 aliphatic rings. The molecule has 2 N–H and O–H groups in total. The summed E-state index contributed by atoms with van der Waals surface area (Å²) in [5.41, 5.74) is 7.05. The van der Waals surface area contributed by atoms with Crippen molar-refractivity contribution in [1.29, 1.82) is 0 Å². The lowest BCUT2D eigenvalue weighted by Gasteiger charge is -2.11. The highest BCUT2D eigenvalue weighted by Gasteiger charge is 2.09. The first kappa shape index (κ1) is 14.1. The molecule has 1 heterocycles. The molecule has 17 heavy (non-hydrogen) atoms. The van der Waals surface area contributed by atoms with Gasteiger partial charge in [0.05, 0.1) is 5.75 Å². The van der Waals surface area contributed by atoms with E-state index < -0.39 is 9.84 Å². The van der Waals surface area contributed by atoms with Crippen molar-refractivity contribution in [3.63, 3.8) is 0 Å². The Bertz CT molecular complexity index is 417. The molecule has 1 rings (SSSR count). The van der Waals surface area contributed by atoms with Crippen molar-refractivity contribution >= 4 is 9.84 Å². The number of rotatable bonds is 7. The average Bonchev–Trinajstić information content (AvgIpc) is 2.30. The van der Waals surface area contributed by atoms with Gasteiger partial charge in [0.1, 0.15) is 9.84 Å². The Labute approximate surface area is 103 Å². The highest BCUT2D eigenvalue weighted by atomic mass is 32.2. The Morgan fingerprint density at radius 3 is 2.82 bits per heavy atom. The van der Waals surface area contributed by atoms with Crippen LogP contribution in [-0.4, -0.2) is 30.9 Å². The molecule has 4 nitrogen and oxygen atoms in total. The maximum atomic E-state index is 11.3. The second-order valence-electron chi connectivity index (χ2n) is 4.20. The van der Waals surface area contributed by atoms with Crippen LogP contribution in [0.4, 0.5) is 0 Å². The van der Waals surface area contributed by atoms with Crippen LogP contribution in [0.5, 0.6) is 0 Å². The molecule has 0 radical (unpaired) electrons. The van der Waals surface area contributed by atoms with E-state index in [4.69, 9.17) is 5.73 Å². The number of nitrogens with two attached hydrogens (primary N) is 1. The van der Waals surface area contributed by atoms with Gasteiger partial charge in [-0.2, -0.15) is 0 Å². The topological polar surface area (TPSA) is 73.0 Å². The zero-order valence-corrected chi connectivity index (χ0v) is 11.0. The first-order chi connectivity index (χ1) is 8.03. The van der Waals surface area contributed by atoms with Crippen molar-refractivity contribution in [1.82, 2.24) is 4.98 Å². The van der Waals surface area contributed by atoms with Gasteiger partial charge in [-0.15, -0.1) is 0 Å². The van der Waals surface area contributed by atoms with Crippen molar-refractivity contribution in [3.05, 3.63) is 30.1 Å². The second-order valence-corrected chi connectivity index (χ2v) is 6.68. The third kappa shape index (κ3) is 5.79. The molecule has 0 fully saturated rings. The molecule has 0 saturated heterocycles. The lowest BCUT2D eigenvalue weighted by molar-refractivity contribution is 0.574. The second kappa shape index (κ2) is 6.71. The molecule has 0 spiro atoms. The third-order valence-electron chi connectivity index (χ3n) is 2.69. The maximum Gasteiger partial charge on any atom is 0.150 e. The largest absolute Gasteiger partial charge is 0.327 e. The third-order valence-corrected chi connectivity index (χ3v) is 4.48. The van der Waals surface area contributed by atoms with Gasteiger partial charge in [0.2, 0.25) is 0 Å². The van der Waals surface area contributed by atoms with Crippen LogP contribution in [0.1, 0.15) is 25.3 Å². The molecule has 1 unspecified atom stereocenters. The van der Waals surface area contributed by atoms with Crippen molar-refractivity contribution in [3.8, 4) is 0 Å². The van der Waals surface area contributed by atoms with Crippen LogP contribution in [-0.2, 0) is 16.3 Å². The summed E-state index contributed by atoms with van der Waals surface area (Å²) in [4.78, 5) is 4.02. The Morgan fingerprint density at radius 1 is 1.47 bits per heavy atom. The Morgan fingerprint density at radius 2 is 2.24 bits per heavy atom. The van der Waals surface area contributed by atoms with Crippen molar-refractivity contribution in [2.75, 3.05) is 11.5 Å². The van der Waals surface area contributed by atoms with Gasteiger partial charge in [-0.1, -0.05) is 13.0 Å². The number of nitrogens with zero attached hydrogens (tertiary/aromatic N) is 1. The SMILES string of the molecule is CCS(=O)(=O)CCCC(N)Cc1cccnc1. The van der Waals surface area contributed by atoms with Gasteiger partial charge in [0.25, 0.3) is 0 Å². The summed E-state index contributed by atoms with van der Waals surface area (Å²) in [6.45, 7) is 1.67. The molecule has 5 heteroatoms. The van der Waals surface area contributed by atoms with Crippen LogP contribution in [0, 0.1) is 0 Å². The van der Waals surface area contributed by atoms with Gasteiger partial charge in [-0.25, -0.2) is 8.42 Å². The molecular formula is C12H20N2O2S. The lowest BCUT2D eigenvalue weighted by atomic mass is 10.0. The summed E-state index contributed by atoms with van der Waals surface area (Å²) >= 11 is 0. The molecular weight excluding hydrogens is 236 g/mol. The molecule has 0 aliphatic carbocycles. The van der Waals surface area contributed by atoms with E-state index in [0.717, 1.165) is 18.4 Å². The number of sulfone groups is 1. The highest BCUT2D eigenvalue weighted by Crippen LogP contribution is 2.06. The molecule has 96 valence electrons. The van der Waals surface area contributed by atoms with Crippen molar-refractivity contribution in [2.45, 2.75) is 32.2 Å². The molecule has 1 atom stereocenters. The molecule has 0 bridgehead atoms. The van der Waals surface area contributed by atoms with Gasteiger partial charge >= 0.3 is 0 Å². The van der Waals surface area contributed by atoms with Crippen LogP contribution < -0.4 is 5.73 Å². The fourth-order valence-corrected chi connectivity index (χ4v) is 2.53. The van der Waals surface area contributed by atoms with E-state index in [9.17, 15) is 8.42 Å². The van der Waals surface area contributed by atoms with E-state index in [0.29, 0.717) is 6.42 Å². The van der Waals surface area contributed by atoms with Crippen LogP contribution >= 0.6 is 0 Å². The van der Waals surface area contributed by atoms with E-state index in [2.05, 4.69) is 4.98 Å². The normalized spacial score (nSPS) is 13.5. The zero-order chi connectivity index (χ0) is 12.7. The van der Waals surface area contributed by atoms with Gasteiger partial charge in [-0.05, 0) is 30.9 Å². The summed E-state index contributed by atoms with van der Waals surface area (Å²) in [6.07, 6.45) is 5.64. The van der Waals surface area contributed by atoms with Gasteiger partial charge in [-0.3, -0.25) is 4.98 Å². The fourth-order valence-electron chi connectivity index (χ4n) is 1.63. The van der Waals surface area contributed by atoms with Crippen LogP contribution in [0.3, 0.4) is 0 Å². The summed E-state index contributed by atoms with van der Waals surface area (Å²) in [7, 11) is -2.86. The summed E-state index contributed by atoms with van der Waals surface area (Å²) in [6, 6.07) is 3.87. The first-order valence-corrected chi connectivity index (χ1v) is 7.70. The number of hydrogen-bond donors (Lipinski definition) is 1. The predicted molar refractivity (Wildman–Crippen MR) is 69.5 cm³/mol. The number of aromatic nitrogens is 1. The molecule has 0 amide bonds. The lowest BCUT2D eigenvalue weighted by Crippen LogP contribution is -2.24. The Kier molecular flexibility index (Phi) is 5.58. The van der Waals surface area contributed by atoms with E-state index >= 15 is 0 Å².